The number of carbonyl (C=O) groups is 3. The molecule has 3 aromatic rings. The van der Waals surface area contributed by atoms with Crippen LogP contribution < -0.4 is 9.47 Å². The van der Waals surface area contributed by atoms with Gasteiger partial charge in [-0.05, 0) is 91.3 Å². The van der Waals surface area contributed by atoms with Gasteiger partial charge in [0.2, 0.25) is 0 Å². The van der Waals surface area contributed by atoms with Gasteiger partial charge in [-0.2, -0.15) is 0 Å². The summed E-state index contributed by atoms with van der Waals surface area (Å²) in [7, 11) is 0. The first kappa shape index (κ1) is 28.9. The topological polar surface area (TPSA) is 126 Å². The van der Waals surface area contributed by atoms with Gasteiger partial charge in [0.1, 0.15) is 6.61 Å². The fraction of sp³-hybridized carbons (Fsp3) is 0.172. The SMILES string of the molecule is CCOc1cc(C=C2SC(=Nc3ccc(C(=O)O)cc3)N(CC)C2=O)c(Br)cc1OCc1ccc(C(=O)O)cc1. The van der Waals surface area contributed by atoms with Crippen LogP contribution >= 0.6 is 27.7 Å². The molecule has 0 bridgehead atoms. The molecule has 206 valence electrons. The number of halogens is 1. The molecular formula is C29H25BrN2O7S. The number of likely N-dealkylation sites (N-methyl/N-ethyl adjacent to an activating group) is 1. The van der Waals surface area contributed by atoms with Gasteiger partial charge in [-0.25, -0.2) is 14.6 Å². The third-order valence-corrected chi connectivity index (χ3v) is 7.48. The molecular weight excluding hydrogens is 600 g/mol. The van der Waals surface area contributed by atoms with E-state index in [0.29, 0.717) is 50.4 Å². The van der Waals surface area contributed by atoms with E-state index >= 15 is 0 Å². The predicted molar refractivity (Wildman–Crippen MR) is 156 cm³/mol. The Hall–Kier alpha value is -4.09. The van der Waals surface area contributed by atoms with E-state index in [1.54, 1.807) is 47.4 Å². The van der Waals surface area contributed by atoms with E-state index in [0.717, 1.165) is 5.56 Å². The first-order chi connectivity index (χ1) is 19.2. The molecule has 0 radical (unpaired) electrons. The number of amides is 1. The molecule has 4 rings (SSSR count). The first-order valence-electron chi connectivity index (χ1n) is 12.2. The van der Waals surface area contributed by atoms with E-state index < -0.39 is 11.9 Å². The van der Waals surface area contributed by atoms with Crippen LogP contribution in [0.3, 0.4) is 0 Å². The van der Waals surface area contributed by atoms with Crippen molar-refractivity contribution in [1.29, 1.82) is 0 Å². The highest BCUT2D eigenvalue weighted by molar-refractivity contribution is 9.10. The number of benzene rings is 3. The fourth-order valence-corrected chi connectivity index (χ4v) is 5.24. The molecule has 0 unspecified atom stereocenters. The van der Waals surface area contributed by atoms with Crippen LogP contribution in [0.5, 0.6) is 11.5 Å². The highest BCUT2D eigenvalue weighted by atomic mass is 79.9. The van der Waals surface area contributed by atoms with Crippen molar-refractivity contribution in [2.24, 2.45) is 4.99 Å². The normalized spacial score (nSPS) is 15.1. The third kappa shape index (κ3) is 6.72. The van der Waals surface area contributed by atoms with Gasteiger partial charge in [0.25, 0.3) is 5.91 Å². The van der Waals surface area contributed by atoms with Crippen LogP contribution in [0.1, 0.15) is 45.7 Å². The quantitative estimate of drug-likeness (QED) is 0.247. The zero-order valence-corrected chi connectivity index (χ0v) is 24.0. The molecule has 0 saturated carbocycles. The second-order valence-electron chi connectivity index (χ2n) is 8.45. The Morgan fingerprint density at radius 3 is 2.12 bits per heavy atom. The molecule has 40 heavy (non-hydrogen) atoms. The monoisotopic (exact) mass is 624 g/mol. The van der Waals surface area contributed by atoms with Crippen molar-refractivity contribution in [3.05, 3.63) is 92.3 Å². The summed E-state index contributed by atoms with van der Waals surface area (Å²) in [6.45, 7) is 4.74. The zero-order chi connectivity index (χ0) is 28.8. The van der Waals surface area contributed by atoms with Crippen LogP contribution in [0.25, 0.3) is 6.08 Å². The molecule has 11 heteroatoms. The molecule has 1 aliphatic rings. The number of hydrogen-bond acceptors (Lipinski definition) is 7. The standard InChI is InChI=1S/C29H25BrN2O7S/c1-3-32-26(33)25(40-29(32)31-21-11-9-19(10-12-21)28(36)37)14-20-13-23(38-4-2)24(15-22(20)30)39-16-17-5-7-18(8-6-17)27(34)35/h5-15H,3-4,16H2,1-2H3,(H,34,35)(H,36,37). The first-order valence-corrected chi connectivity index (χ1v) is 13.9. The minimum atomic E-state index is -1.02. The number of aromatic carboxylic acids is 2. The van der Waals surface area contributed by atoms with E-state index in [4.69, 9.17) is 19.7 Å². The second-order valence-corrected chi connectivity index (χ2v) is 10.3. The van der Waals surface area contributed by atoms with Crippen molar-refractivity contribution in [3.8, 4) is 11.5 Å². The number of rotatable bonds is 10. The number of hydrogen-bond donors (Lipinski definition) is 2. The average Bonchev–Trinajstić information content (AvgIpc) is 3.23. The zero-order valence-electron chi connectivity index (χ0n) is 21.6. The number of ether oxygens (including phenoxy) is 2. The molecule has 1 aliphatic heterocycles. The van der Waals surface area contributed by atoms with Crippen molar-refractivity contribution in [2.45, 2.75) is 20.5 Å². The molecule has 2 N–H and O–H groups in total. The predicted octanol–water partition coefficient (Wildman–Crippen LogP) is 6.45. The molecule has 9 nitrogen and oxygen atoms in total. The van der Waals surface area contributed by atoms with Crippen molar-refractivity contribution in [3.63, 3.8) is 0 Å². The van der Waals surface area contributed by atoms with Crippen LogP contribution in [0.4, 0.5) is 5.69 Å². The van der Waals surface area contributed by atoms with E-state index in [-0.39, 0.29) is 23.6 Å². The molecule has 1 fully saturated rings. The summed E-state index contributed by atoms with van der Waals surface area (Å²) in [5.74, 6) is -1.22. The maximum atomic E-state index is 13.2. The van der Waals surface area contributed by atoms with Crippen LogP contribution in [-0.4, -0.2) is 51.3 Å². The summed E-state index contributed by atoms with van der Waals surface area (Å²) < 4.78 is 12.5. The molecule has 0 aliphatic carbocycles. The number of thioether (sulfide) groups is 1. The lowest BCUT2D eigenvalue weighted by molar-refractivity contribution is -0.122. The molecule has 1 heterocycles. The fourth-order valence-electron chi connectivity index (χ4n) is 3.75. The number of carbonyl (C=O) groups excluding carboxylic acids is 1. The van der Waals surface area contributed by atoms with Gasteiger partial charge in [-0.1, -0.05) is 28.1 Å². The van der Waals surface area contributed by atoms with Gasteiger partial charge in [0.05, 0.1) is 28.3 Å². The van der Waals surface area contributed by atoms with Gasteiger partial charge >= 0.3 is 11.9 Å². The molecule has 1 amide bonds. The Kier molecular flexibility index (Phi) is 9.28. The average molecular weight is 625 g/mol. The van der Waals surface area contributed by atoms with Crippen LogP contribution in [-0.2, 0) is 11.4 Å². The van der Waals surface area contributed by atoms with E-state index in [9.17, 15) is 14.4 Å². The maximum absolute atomic E-state index is 13.2. The highest BCUT2D eigenvalue weighted by Crippen LogP contribution is 2.39. The number of amidine groups is 1. The Labute approximate surface area is 243 Å². The summed E-state index contributed by atoms with van der Waals surface area (Å²) in [6, 6.07) is 16.1. The van der Waals surface area contributed by atoms with Crippen LogP contribution in [0.2, 0.25) is 0 Å². The Morgan fingerprint density at radius 2 is 1.55 bits per heavy atom. The number of carboxylic acid groups (broad SMARTS) is 2. The summed E-state index contributed by atoms with van der Waals surface area (Å²) in [5.41, 5.74) is 2.40. The Morgan fingerprint density at radius 1 is 0.950 bits per heavy atom. The van der Waals surface area contributed by atoms with E-state index in [1.807, 2.05) is 13.8 Å². The second kappa shape index (κ2) is 12.8. The van der Waals surface area contributed by atoms with Crippen molar-refractivity contribution in [1.82, 2.24) is 4.90 Å². The third-order valence-electron chi connectivity index (χ3n) is 5.79. The van der Waals surface area contributed by atoms with Crippen LogP contribution in [0, 0.1) is 0 Å². The molecule has 3 aromatic carbocycles. The van der Waals surface area contributed by atoms with Gasteiger partial charge < -0.3 is 19.7 Å². The Bertz CT molecular complexity index is 1500. The molecule has 0 spiro atoms. The van der Waals surface area contributed by atoms with Crippen LogP contribution in [0.15, 0.2) is 75.0 Å². The van der Waals surface area contributed by atoms with Gasteiger partial charge in [-0.15, -0.1) is 0 Å². The maximum Gasteiger partial charge on any atom is 0.335 e. The van der Waals surface area contributed by atoms with Crippen molar-refractivity contribution in [2.75, 3.05) is 13.2 Å². The lowest BCUT2D eigenvalue weighted by Crippen LogP contribution is -2.28. The number of carboxylic acids is 2. The van der Waals surface area contributed by atoms with Gasteiger partial charge in [0.15, 0.2) is 16.7 Å². The summed E-state index contributed by atoms with van der Waals surface area (Å²) >= 11 is 4.80. The molecule has 1 saturated heterocycles. The van der Waals surface area contributed by atoms with Gasteiger partial charge in [-0.3, -0.25) is 9.69 Å². The van der Waals surface area contributed by atoms with E-state index in [1.165, 1.54) is 36.0 Å². The van der Waals surface area contributed by atoms with E-state index in [2.05, 4.69) is 20.9 Å². The Balaban J connectivity index is 1.57. The lowest BCUT2D eigenvalue weighted by Gasteiger charge is -2.14. The number of nitrogens with zero attached hydrogens (tertiary/aromatic N) is 2. The van der Waals surface area contributed by atoms with Crippen molar-refractivity contribution < 1.29 is 34.1 Å². The number of aliphatic imine (C=N–C) groups is 1. The molecule has 0 aromatic heterocycles. The minimum Gasteiger partial charge on any atom is -0.490 e. The minimum absolute atomic E-state index is 0.158. The largest absolute Gasteiger partial charge is 0.490 e. The molecule has 0 atom stereocenters. The summed E-state index contributed by atoms with van der Waals surface area (Å²) in [5, 5.41) is 18.7. The highest BCUT2D eigenvalue weighted by Gasteiger charge is 2.32. The smallest absolute Gasteiger partial charge is 0.335 e. The van der Waals surface area contributed by atoms with Crippen molar-refractivity contribution >= 4 is 62.5 Å². The summed E-state index contributed by atoms with van der Waals surface area (Å²) in [4.78, 5) is 42.0. The lowest BCUT2D eigenvalue weighted by atomic mass is 10.1. The van der Waals surface area contributed by atoms with Gasteiger partial charge in [0, 0.05) is 11.0 Å². The summed E-state index contributed by atoms with van der Waals surface area (Å²) in [6.07, 6.45) is 1.76.